The molecule has 150 valence electrons. The number of amides is 1. The number of carbonyl (C=O) groups excluding carboxylic acids is 1. The van der Waals surface area contributed by atoms with Crippen molar-refractivity contribution in [3.8, 4) is 0 Å². The Morgan fingerprint density at radius 2 is 2.14 bits per heavy atom. The fourth-order valence-electron chi connectivity index (χ4n) is 3.87. The molecule has 2 heterocycles. The molecule has 2 fully saturated rings. The maximum Gasteiger partial charge on any atom is 0.233 e. The average molecular weight is 419 g/mol. The Balaban J connectivity index is 1.32. The zero-order valence-corrected chi connectivity index (χ0v) is 17.9. The van der Waals surface area contributed by atoms with Gasteiger partial charge in [-0.3, -0.25) is 4.79 Å². The van der Waals surface area contributed by atoms with Gasteiger partial charge in [0.25, 0.3) is 0 Å². The molecule has 1 N–H and O–H groups in total. The van der Waals surface area contributed by atoms with Crippen molar-refractivity contribution in [2.24, 2.45) is 0 Å². The van der Waals surface area contributed by atoms with Gasteiger partial charge >= 0.3 is 0 Å². The summed E-state index contributed by atoms with van der Waals surface area (Å²) in [6.07, 6.45) is 4.76. The summed E-state index contributed by atoms with van der Waals surface area (Å²) < 4.78 is 6.68. The van der Waals surface area contributed by atoms with E-state index in [9.17, 15) is 4.79 Å². The van der Waals surface area contributed by atoms with Crippen LogP contribution in [0.4, 0.5) is 10.8 Å². The predicted molar refractivity (Wildman–Crippen MR) is 114 cm³/mol. The zero-order valence-electron chi connectivity index (χ0n) is 16.3. The van der Waals surface area contributed by atoms with Gasteiger partial charge in [-0.15, -0.1) is 10.2 Å². The Morgan fingerprint density at radius 1 is 1.29 bits per heavy atom. The van der Waals surface area contributed by atoms with E-state index in [-0.39, 0.29) is 18.1 Å². The minimum Gasteiger partial charge on any atom is -0.374 e. The molecule has 1 aliphatic heterocycles. The van der Waals surface area contributed by atoms with Gasteiger partial charge in [0, 0.05) is 12.2 Å². The van der Waals surface area contributed by atoms with Crippen LogP contribution in [-0.2, 0) is 9.53 Å². The van der Waals surface area contributed by atoms with Crippen LogP contribution in [0.2, 0.25) is 0 Å². The van der Waals surface area contributed by atoms with E-state index in [1.54, 1.807) is 0 Å². The largest absolute Gasteiger partial charge is 0.374 e. The van der Waals surface area contributed by atoms with Gasteiger partial charge in [-0.1, -0.05) is 42.0 Å². The van der Waals surface area contributed by atoms with E-state index in [1.807, 2.05) is 11.0 Å². The summed E-state index contributed by atoms with van der Waals surface area (Å²) in [6.45, 7) is 5.55. The topological polar surface area (TPSA) is 67.4 Å². The first kappa shape index (κ1) is 19.7. The molecule has 0 radical (unpaired) electrons. The summed E-state index contributed by atoms with van der Waals surface area (Å²) in [4.78, 5) is 14.8. The number of carbonyl (C=O) groups is 1. The SMILES string of the molecule is Cc1ccc(Nc2nnc(SCC(=O)N3CCOC4CCCCC43)s2)cc1C. The van der Waals surface area contributed by atoms with Gasteiger partial charge in [-0.05, 0) is 49.9 Å². The van der Waals surface area contributed by atoms with Crippen LogP contribution in [0.5, 0.6) is 0 Å². The molecule has 6 nitrogen and oxygen atoms in total. The molecule has 28 heavy (non-hydrogen) atoms. The van der Waals surface area contributed by atoms with E-state index in [4.69, 9.17) is 4.74 Å². The third-order valence-corrected chi connectivity index (χ3v) is 7.49. The molecule has 1 saturated heterocycles. The predicted octanol–water partition coefficient (Wildman–Crippen LogP) is 4.16. The van der Waals surface area contributed by atoms with Crippen LogP contribution >= 0.6 is 23.1 Å². The number of nitrogens with zero attached hydrogens (tertiary/aromatic N) is 3. The quantitative estimate of drug-likeness (QED) is 0.736. The minimum absolute atomic E-state index is 0.184. The number of morpholine rings is 1. The monoisotopic (exact) mass is 418 g/mol. The van der Waals surface area contributed by atoms with Crippen molar-refractivity contribution in [3.63, 3.8) is 0 Å². The van der Waals surface area contributed by atoms with E-state index in [2.05, 4.69) is 41.5 Å². The van der Waals surface area contributed by atoms with Gasteiger partial charge in [-0.25, -0.2) is 0 Å². The lowest BCUT2D eigenvalue weighted by atomic mass is 9.90. The normalized spacial score (nSPS) is 22.0. The van der Waals surface area contributed by atoms with E-state index in [1.165, 1.54) is 47.1 Å². The Morgan fingerprint density at radius 3 is 3.00 bits per heavy atom. The van der Waals surface area contributed by atoms with E-state index in [0.717, 1.165) is 28.0 Å². The number of ether oxygens (including phenoxy) is 1. The Labute approximate surface area is 174 Å². The van der Waals surface area contributed by atoms with E-state index in [0.29, 0.717) is 18.9 Å². The van der Waals surface area contributed by atoms with Gasteiger partial charge in [0.05, 0.1) is 24.5 Å². The van der Waals surface area contributed by atoms with Crippen LogP contribution in [0.25, 0.3) is 0 Å². The van der Waals surface area contributed by atoms with Crippen molar-refractivity contribution in [2.75, 3.05) is 24.2 Å². The summed E-state index contributed by atoms with van der Waals surface area (Å²) in [5, 5.41) is 12.5. The molecule has 2 aromatic rings. The molecule has 1 aromatic heterocycles. The second-order valence-corrected chi connectivity index (χ2v) is 9.63. The maximum atomic E-state index is 12.8. The number of rotatable bonds is 5. The highest BCUT2D eigenvalue weighted by Gasteiger charge is 2.36. The first-order valence-electron chi connectivity index (χ1n) is 9.82. The number of thioether (sulfide) groups is 1. The molecule has 1 aromatic carbocycles. The van der Waals surface area contributed by atoms with Crippen molar-refractivity contribution >= 4 is 39.8 Å². The van der Waals surface area contributed by atoms with Crippen LogP contribution in [-0.4, -0.2) is 52.1 Å². The summed E-state index contributed by atoms with van der Waals surface area (Å²) in [6, 6.07) is 6.49. The average Bonchev–Trinajstić information content (AvgIpc) is 3.16. The Kier molecular flexibility index (Phi) is 6.18. The fraction of sp³-hybridized carbons (Fsp3) is 0.550. The fourth-order valence-corrected chi connectivity index (χ4v) is 5.53. The highest BCUT2D eigenvalue weighted by Crippen LogP contribution is 2.31. The summed E-state index contributed by atoms with van der Waals surface area (Å²) in [7, 11) is 0. The van der Waals surface area contributed by atoms with Gasteiger partial charge in [0.2, 0.25) is 11.0 Å². The molecule has 4 rings (SSSR count). The van der Waals surface area contributed by atoms with Crippen molar-refractivity contribution in [1.82, 2.24) is 15.1 Å². The van der Waals surface area contributed by atoms with Crippen molar-refractivity contribution in [2.45, 2.75) is 56.0 Å². The van der Waals surface area contributed by atoms with Gasteiger partial charge in [0.1, 0.15) is 0 Å². The molecule has 0 bridgehead atoms. The van der Waals surface area contributed by atoms with Gasteiger partial charge in [0.15, 0.2) is 4.34 Å². The Bertz CT molecular complexity index is 839. The number of anilines is 2. The lowest BCUT2D eigenvalue weighted by molar-refractivity contribution is -0.146. The zero-order chi connectivity index (χ0) is 19.5. The highest BCUT2D eigenvalue weighted by molar-refractivity contribution is 8.01. The molecule has 1 saturated carbocycles. The second-order valence-electron chi connectivity index (χ2n) is 7.43. The first-order chi connectivity index (χ1) is 13.6. The number of benzene rings is 1. The lowest BCUT2D eigenvalue weighted by Crippen LogP contribution is -2.55. The molecular formula is C20H26N4O2S2. The molecule has 2 aliphatic rings. The number of aryl methyl sites for hydroxylation is 2. The molecule has 0 spiro atoms. The van der Waals surface area contributed by atoms with Crippen LogP contribution < -0.4 is 5.32 Å². The first-order valence-corrected chi connectivity index (χ1v) is 11.6. The summed E-state index contributed by atoms with van der Waals surface area (Å²) >= 11 is 2.95. The van der Waals surface area contributed by atoms with Crippen LogP contribution in [0, 0.1) is 13.8 Å². The van der Waals surface area contributed by atoms with E-state index < -0.39 is 0 Å². The molecule has 1 aliphatic carbocycles. The highest BCUT2D eigenvalue weighted by atomic mass is 32.2. The molecular weight excluding hydrogens is 392 g/mol. The standard InChI is InChI=1S/C20H26N4O2S2/c1-13-7-8-15(11-14(13)2)21-19-22-23-20(28-19)27-12-18(25)24-9-10-26-17-6-4-3-5-16(17)24/h7-8,11,16-17H,3-6,9-10,12H2,1-2H3,(H,21,22). The molecule has 2 atom stereocenters. The Hall–Kier alpha value is -1.64. The number of fused-ring (bicyclic) bond motifs is 1. The van der Waals surface area contributed by atoms with Crippen molar-refractivity contribution in [3.05, 3.63) is 29.3 Å². The second kappa shape index (κ2) is 8.80. The molecule has 1 amide bonds. The number of nitrogens with one attached hydrogen (secondary N) is 1. The third kappa shape index (κ3) is 4.50. The third-order valence-electron chi connectivity index (χ3n) is 5.54. The number of hydrogen-bond acceptors (Lipinski definition) is 7. The number of aromatic nitrogens is 2. The van der Waals surface area contributed by atoms with Crippen molar-refractivity contribution in [1.29, 1.82) is 0 Å². The minimum atomic E-state index is 0.184. The van der Waals surface area contributed by atoms with Crippen molar-refractivity contribution < 1.29 is 9.53 Å². The molecule has 2 unspecified atom stereocenters. The van der Waals surface area contributed by atoms with Gasteiger partial charge < -0.3 is 15.0 Å². The lowest BCUT2D eigenvalue weighted by Gasteiger charge is -2.43. The van der Waals surface area contributed by atoms with E-state index >= 15 is 0 Å². The van der Waals surface area contributed by atoms with Gasteiger partial charge in [-0.2, -0.15) is 0 Å². The molecule has 8 heteroatoms. The van der Waals surface area contributed by atoms with Crippen LogP contribution in [0.1, 0.15) is 36.8 Å². The summed E-state index contributed by atoms with van der Waals surface area (Å²) in [5.74, 6) is 0.589. The number of hydrogen-bond donors (Lipinski definition) is 1. The smallest absolute Gasteiger partial charge is 0.233 e. The van der Waals surface area contributed by atoms with Crippen LogP contribution in [0.15, 0.2) is 22.5 Å². The summed E-state index contributed by atoms with van der Waals surface area (Å²) in [5.41, 5.74) is 3.51. The maximum absolute atomic E-state index is 12.8. The van der Waals surface area contributed by atoms with Crippen LogP contribution in [0.3, 0.4) is 0 Å².